The number of ether oxygens (including phenoxy) is 2. The number of aryl methyl sites for hydroxylation is 2. The minimum Gasteiger partial charge on any atom is -0.454 e. The van der Waals surface area contributed by atoms with Crippen molar-refractivity contribution in [2.75, 3.05) is 24.8 Å². The van der Waals surface area contributed by atoms with Crippen molar-refractivity contribution in [3.63, 3.8) is 0 Å². The molecule has 10 nitrogen and oxygen atoms in total. The van der Waals surface area contributed by atoms with Gasteiger partial charge in [0.15, 0.2) is 11.5 Å². The van der Waals surface area contributed by atoms with Gasteiger partial charge in [-0.1, -0.05) is 5.16 Å². The normalized spacial score (nSPS) is 20.8. The first-order valence-electron chi connectivity index (χ1n) is 9.73. The molecule has 0 aromatic carbocycles. The molecule has 30 heavy (non-hydrogen) atoms. The van der Waals surface area contributed by atoms with Gasteiger partial charge < -0.3 is 18.9 Å². The summed E-state index contributed by atoms with van der Waals surface area (Å²) in [6.07, 6.45) is 7.87. The van der Waals surface area contributed by atoms with E-state index < -0.39 is 0 Å². The van der Waals surface area contributed by atoms with Gasteiger partial charge in [0.25, 0.3) is 5.91 Å². The molecule has 156 valence electrons. The summed E-state index contributed by atoms with van der Waals surface area (Å²) >= 11 is 0. The molecule has 4 heterocycles. The summed E-state index contributed by atoms with van der Waals surface area (Å²) in [5.74, 6) is 1.99. The lowest BCUT2D eigenvalue weighted by Crippen LogP contribution is -2.35. The molecule has 0 spiro atoms. The molecule has 3 aliphatic rings. The van der Waals surface area contributed by atoms with Gasteiger partial charge in [-0.2, -0.15) is 5.10 Å². The van der Waals surface area contributed by atoms with E-state index in [4.69, 9.17) is 14.0 Å². The second kappa shape index (κ2) is 7.05. The lowest BCUT2D eigenvalue weighted by molar-refractivity contribution is -0.116. The zero-order chi connectivity index (χ0) is 20.8. The van der Waals surface area contributed by atoms with Crippen molar-refractivity contribution >= 4 is 17.6 Å². The summed E-state index contributed by atoms with van der Waals surface area (Å²) in [5.41, 5.74) is 2.18. The monoisotopic (exact) mass is 411 g/mol. The third kappa shape index (κ3) is 3.14. The highest BCUT2D eigenvalue weighted by Crippen LogP contribution is 2.30. The highest BCUT2D eigenvalue weighted by atomic mass is 16.7. The fourth-order valence-corrected chi connectivity index (χ4v) is 3.93. The van der Waals surface area contributed by atoms with Crippen molar-refractivity contribution in [3.8, 4) is 0 Å². The number of carbonyl (C=O) groups excluding carboxylic acids is 2. The Bertz CT molecular complexity index is 1060. The Labute approximate surface area is 172 Å². The molecule has 3 amide bonds. The summed E-state index contributed by atoms with van der Waals surface area (Å²) in [6.45, 7) is 4.85. The number of amides is 3. The molecule has 1 unspecified atom stereocenters. The Morgan fingerprint density at radius 2 is 2.03 bits per heavy atom. The second-order valence-corrected chi connectivity index (χ2v) is 7.59. The van der Waals surface area contributed by atoms with Crippen LogP contribution in [0.15, 0.2) is 40.6 Å². The van der Waals surface area contributed by atoms with E-state index in [1.807, 2.05) is 26.0 Å². The Balaban J connectivity index is 1.28. The number of aromatic nitrogens is 3. The van der Waals surface area contributed by atoms with Crippen LogP contribution in [0.25, 0.3) is 0 Å². The van der Waals surface area contributed by atoms with Crippen LogP contribution in [-0.2, 0) is 20.8 Å². The van der Waals surface area contributed by atoms with E-state index in [9.17, 15) is 9.59 Å². The smallest absolute Gasteiger partial charge is 0.332 e. The van der Waals surface area contributed by atoms with Crippen LogP contribution in [0.4, 0.5) is 10.5 Å². The van der Waals surface area contributed by atoms with Gasteiger partial charge in [0.1, 0.15) is 12.3 Å². The van der Waals surface area contributed by atoms with E-state index in [0.29, 0.717) is 24.5 Å². The second-order valence-electron chi connectivity index (χ2n) is 7.59. The van der Waals surface area contributed by atoms with Crippen LogP contribution in [0.2, 0.25) is 0 Å². The number of hydrogen-bond acceptors (Lipinski definition) is 7. The number of fused-ring (bicyclic) bond motifs is 1. The van der Waals surface area contributed by atoms with Crippen molar-refractivity contribution in [1.29, 1.82) is 0 Å². The maximum atomic E-state index is 12.9. The third-order valence-corrected chi connectivity index (χ3v) is 5.54. The van der Waals surface area contributed by atoms with Gasteiger partial charge in [0, 0.05) is 24.2 Å². The molecule has 2 fully saturated rings. The van der Waals surface area contributed by atoms with Crippen LogP contribution in [-0.4, -0.2) is 51.7 Å². The molecule has 2 aromatic heterocycles. The first-order valence-corrected chi connectivity index (χ1v) is 9.73. The van der Waals surface area contributed by atoms with Crippen molar-refractivity contribution in [1.82, 2.24) is 19.8 Å². The fourth-order valence-electron chi connectivity index (χ4n) is 3.93. The predicted octanol–water partition coefficient (Wildman–Crippen LogP) is 2.10. The van der Waals surface area contributed by atoms with E-state index in [1.165, 1.54) is 11.1 Å². The van der Waals surface area contributed by atoms with Gasteiger partial charge in [-0.15, -0.1) is 0 Å². The van der Waals surface area contributed by atoms with E-state index >= 15 is 0 Å². The highest BCUT2D eigenvalue weighted by Gasteiger charge is 2.39. The highest BCUT2D eigenvalue weighted by molar-refractivity contribution is 6.19. The zero-order valence-electron chi connectivity index (χ0n) is 16.7. The van der Waals surface area contributed by atoms with Crippen molar-refractivity contribution in [2.45, 2.75) is 26.8 Å². The van der Waals surface area contributed by atoms with Gasteiger partial charge in [-0.3, -0.25) is 9.48 Å². The Morgan fingerprint density at radius 1 is 1.20 bits per heavy atom. The lowest BCUT2D eigenvalue weighted by atomic mass is 9.98. The molecule has 2 aromatic rings. The maximum absolute atomic E-state index is 12.9. The van der Waals surface area contributed by atoms with Crippen molar-refractivity contribution in [2.24, 2.45) is 5.92 Å². The molecular weight excluding hydrogens is 390 g/mol. The largest absolute Gasteiger partial charge is 0.454 e. The van der Waals surface area contributed by atoms with Crippen LogP contribution in [0.3, 0.4) is 0 Å². The van der Waals surface area contributed by atoms with E-state index in [0.717, 1.165) is 29.2 Å². The van der Waals surface area contributed by atoms with Crippen LogP contribution in [0.1, 0.15) is 23.4 Å². The number of carbonyl (C=O) groups is 2. The number of nitrogens with zero attached hydrogens (tertiary/aromatic N) is 5. The number of anilines is 1. The lowest BCUT2D eigenvalue weighted by Gasteiger charge is -2.22. The first kappa shape index (κ1) is 18.5. The molecule has 2 saturated heterocycles. The van der Waals surface area contributed by atoms with Crippen LogP contribution < -0.4 is 4.90 Å². The quantitative estimate of drug-likeness (QED) is 0.694. The summed E-state index contributed by atoms with van der Waals surface area (Å²) in [5, 5.41) is 8.24. The van der Waals surface area contributed by atoms with Crippen LogP contribution in [0.5, 0.6) is 0 Å². The summed E-state index contributed by atoms with van der Waals surface area (Å²) in [4.78, 5) is 28.3. The molecule has 0 bridgehead atoms. The fraction of sp³-hybridized carbons (Fsp3) is 0.400. The van der Waals surface area contributed by atoms with Crippen LogP contribution >= 0.6 is 0 Å². The molecule has 1 aliphatic carbocycles. The number of rotatable bonds is 5. The standard InChI is InChI=1S/C20H21N5O5/c1-12-16(13(2)30-22-12)9-24-8-15(6-21-24)25-19(26)10-23(20(25)27)7-14-3-4-17-18(5-14)29-11-28-17/h4-6,8,14H,3,7,9-11H2,1-2H3. The van der Waals surface area contributed by atoms with E-state index in [1.54, 1.807) is 15.8 Å². The van der Waals surface area contributed by atoms with Gasteiger partial charge in [0.05, 0.1) is 24.1 Å². The third-order valence-electron chi connectivity index (χ3n) is 5.54. The summed E-state index contributed by atoms with van der Waals surface area (Å²) in [7, 11) is 0. The molecule has 0 saturated carbocycles. The van der Waals surface area contributed by atoms with Gasteiger partial charge in [-0.25, -0.2) is 9.69 Å². The maximum Gasteiger partial charge on any atom is 0.332 e. The zero-order valence-corrected chi connectivity index (χ0v) is 16.7. The SMILES string of the molecule is Cc1noc(C)c1Cn1cc(N2C(=O)CN(CC3C=C4OCOC4=CC3)C2=O)cn1. The van der Waals surface area contributed by atoms with E-state index in [2.05, 4.69) is 10.3 Å². The average molecular weight is 411 g/mol. The summed E-state index contributed by atoms with van der Waals surface area (Å²) < 4.78 is 17.6. The van der Waals surface area contributed by atoms with Gasteiger partial charge in [-0.05, 0) is 32.4 Å². The molecular formula is C20H21N5O5. The van der Waals surface area contributed by atoms with Crippen molar-refractivity contribution < 1.29 is 23.6 Å². The first-order chi connectivity index (χ1) is 14.5. The van der Waals surface area contributed by atoms with E-state index in [-0.39, 0.29) is 31.2 Å². The Morgan fingerprint density at radius 3 is 2.83 bits per heavy atom. The average Bonchev–Trinajstić information content (AvgIpc) is 3.48. The van der Waals surface area contributed by atoms with Gasteiger partial charge in [0.2, 0.25) is 6.79 Å². The number of imide groups is 1. The minimum atomic E-state index is -0.339. The molecule has 0 radical (unpaired) electrons. The predicted molar refractivity (Wildman–Crippen MR) is 103 cm³/mol. The molecule has 10 heteroatoms. The van der Waals surface area contributed by atoms with Gasteiger partial charge >= 0.3 is 6.03 Å². The number of hydrogen-bond donors (Lipinski definition) is 0. The molecule has 1 atom stereocenters. The minimum absolute atomic E-state index is 0.0431. The molecule has 5 rings (SSSR count). The Kier molecular flexibility index (Phi) is 4.34. The Hall–Kier alpha value is -3.56. The molecule has 0 N–H and O–H groups in total. The summed E-state index contributed by atoms with van der Waals surface area (Å²) in [6, 6.07) is -0.339. The van der Waals surface area contributed by atoms with Crippen molar-refractivity contribution in [3.05, 3.63) is 53.1 Å². The van der Waals surface area contributed by atoms with Crippen LogP contribution in [0, 0.1) is 19.8 Å². The number of urea groups is 1. The topological polar surface area (TPSA) is 103 Å². The molecule has 2 aliphatic heterocycles. The number of allylic oxidation sites excluding steroid dienone is 1.